The largest absolute Gasteiger partial charge is 0.507 e. The molecule has 0 fully saturated rings. The zero-order valence-electron chi connectivity index (χ0n) is 57.2. The van der Waals surface area contributed by atoms with Gasteiger partial charge in [-0.2, -0.15) is 0 Å². The number of benzene rings is 7. The fourth-order valence-corrected chi connectivity index (χ4v) is 7.66. The zero-order chi connectivity index (χ0) is 63.3. The Morgan fingerprint density at radius 2 is 1.24 bits per heavy atom. The van der Waals surface area contributed by atoms with Crippen molar-refractivity contribution in [3.8, 4) is 78.6 Å². The molecule has 5 heteroatoms. The third-order valence-corrected chi connectivity index (χ3v) is 10.7. The summed E-state index contributed by atoms with van der Waals surface area (Å²) in [4.78, 5) is 9.69. The van der Waals surface area contributed by atoms with Crippen LogP contribution in [-0.4, -0.2) is 19.6 Å². The van der Waals surface area contributed by atoms with Crippen molar-refractivity contribution in [1.29, 1.82) is 0 Å². The minimum atomic E-state index is -4.26. The minimum absolute atomic E-state index is 0. The van der Waals surface area contributed by atoms with Crippen molar-refractivity contribution in [2.75, 3.05) is 0 Å². The Bertz CT molecular complexity index is 3930. The number of aryl methyl sites for hydroxylation is 2. The van der Waals surface area contributed by atoms with Crippen LogP contribution in [0.1, 0.15) is 96.3 Å². The number of fused-ring (bicyclic) bond motifs is 1. The number of hydrogen-bond acceptors (Lipinski definition) is 3. The second-order valence-corrected chi connectivity index (χ2v) is 15.0. The average molecular weight is 1030 g/mol. The van der Waals surface area contributed by atoms with Gasteiger partial charge in [0.2, 0.25) is 0 Å². The van der Waals surface area contributed by atoms with Crippen LogP contribution in [0.5, 0.6) is 5.75 Å². The van der Waals surface area contributed by atoms with Crippen LogP contribution in [0, 0.1) is 19.8 Å². The van der Waals surface area contributed by atoms with Gasteiger partial charge in [0, 0.05) is 71.4 Å². The van der Waals surface area contributed by atoms with E-state index in [1.165, 1.54) is 30.3 Å². The number of rotatable bonds is 7. The molecule has 1 N–H and O–H groups in total. The van der Waals surface area contributed by atoms with Crippen LogP contribution < -0.4 is 0 Å². The normalized spacial score (nSPS) is 19.0. The molecule has 63 heavy (non-hydrogen) atoms. The van der Waals surface area contributed by atoms with Crippen molar-refractivity contribution in [3.05, 3.63) is 192 Å². The van der Waals surface area contributed by atoms with E-state index in [9.17, 15) is 5.11 Å². The molecule has 0 aliphatic carbocycles. The SMILES string of the molecule is [2H]C([2H])([2H])c1ccc(-c2ccnc(-c3[c-]c(-c4cccc5c4nc(-c4cc(C(C([2H])([2H])[2H])(C([2H])([2H])[2H])C([2H])([2H])[2H])cc(C(C([2H])([2H])[2H])(C([2H])([2H])[2H])C([2H])([2H])[2H])c4O)n5-c4ccc(-c5ccccc5)cc4C([2H])([2H])[2H])cc(-c4ccccc4)c3)c2)cc1.[Pt]. The summed E-state index contributed by atoms with van der Waals surface area (Å²) in [6, 6.07) is 44.1. The van der Waals surface area contributed by atoms with Gasteiger partial charge in [0.1, 0.15) is 11.6 Å². The zero-order valence-corrected chi connectivity index (χ0v) is 35.5. The standard InChI is InChI=1S/C58H52N3O.Pt/c1-37-22-24-41(25-23-37)43-28-29-59-51(34-43)46-32-44(40-18-13-10-14-19-40)31-45(33-46)48-20-15-21-53-54(48)60-56(49-35-47(57(3,4)5)36-50(55(49)62)58(6,7)8)61(53)52-27-26-42(30-38(52)2)39-16-11-9-12-17-39;/h9-32,34-36,62H,1-8H3;/q-1;/i1D3,2D3,3D3,4D3,5D3,6D3,7D3,8D3;. The molecular formula is C58H52N3OPt-. The average Bonchev–Trinajstić information content (AvgIpc) is 1.12. The van der Waals surface area contributed by atoms with Gasteiger partial charge in [-0.05, 0) is 93.8 Å². The predicted octanol–water partition coefficient (Wildman–Crippen LogP) is 15.1. The van der Waals surface area contributed by atoms with Crippen LogP contribution in [0.2, 0.25) is 0 Å². The number of aromatic nitrogens is 3. The maximum absolute atomic E-state index is 13.0. The number of pyridine rings is 1. The third kappa shape index (κ3) is 8.58. The Hall–Kier alpha value is -6.35. The number of aromatic hydroxyl groups is 1. The maximum atomic E-state index is 13.0. The Morgan fingerprint density at radius 1 is 0.571 bits per heavy atom. The van der Waals surface area contributed by atoms with Crippen LogP contribution in [0.4, 0.5) is 0 Å². The van der Waals surface area contributed by atoms with E-state index in [2.05, 4.69) is 11.1 Å². The fourth-order valence-electron chi connectivity index (χ4n) is 7.66. The Morgan fingerprint density at radius 3 is 1.94 bits per heavy atom. The van der Waals surface area contributed by atoms with E-state index in [-0.39, 0.29) is 60.5 Å². The number of phenolic OH excluding ortho intramolecular Hbond substituents is 1. The first-order valence-electron chi connectivity index (χ1n) is 31.5. The van der Waals surface area contributed by atoms with Gasteiger partial charge < -0.3 is 5.11 Å². The molecule has 0 atom stereocenters. The van der Waals surface area contributed by atoms with Crippen molar-refractivity contribution in [1.82, 2.24) is 14.5 Å². The molecule has 9 rings (SSSR count). The van der Waals surface area contributed by atoms with E-state index >= 15 is 0 Å². The van der Waals surface area contributed by atoms with Crippen molar-refractivity contribution in [3.63, 3.8) is 0 Å². The molecule has 0 saturated heterocycles. The summed E-state index contributed by atoms with van der Waals surface area (Å²) in [5.74, 6) is -2.23. The summed E-state index contributed by atoms with van der Waals surface area (Å²) in [6.45, 7) is -30.5. The van der Waals surface area contributed by atoms with E-state index in [0.29, 0.717) is 50.7 Å². The summed E-state index contributed by atoms with van der Waals surface area (Å²) in [5.41, 5.74) is -8.12. The fraction of sp³-hybridized carbons (Fsp3) is 0.172. The van der Waals surface area contributed by atoms with Gasteiger partial charge in [-0.3, -0.25) is 9.55 Å². The summed E-state index contributed by atoms with van der Waals surface area (Å²) >= 11 is 0. The van der Waals surface area contributed by atoms with Gasteiger partial charge in [0.05, 0.1) is 22.3 Å². The van der Waals surface area contributed by atoms with Crippen LogP contribution >= 0.6 is 0 Å². The molecule has 9 aromatic rings. The molecule has 0 aliphatic heterocycles. The first kappa shape index (κ1) is 22.8. The van der Waals surface area contributed by atoms with E-state index in [0.717, 1.165) is 4.57 Å². The van der Waals surface area contributed by atoms with Crippen molar-refractivity contribution in [2.24, 2.45) is 0 Å². The molecule has 2 heterocycles. The van der Waals surface area contributed by atoms with E-state index in [4.69, 9.17) is 37.9 Å². The maximum Gasteiger partial charge on any atom is 0.148 e. The summed E-state index contributed by atoms with van der Waals surface area (Å²) in [7, 11) is 0. The molecule has 0 radical (unpaired) electrons. The number of imidazole rings is 1. The second-order valence-electron chi connectivity index (χ2n) is 15.0. The first-order valence-corrected chi connectivity index (χ1v) is 19.5. The first-order chi connectivity index (χ1) is 39.6. The van der Waals surface area contributed by atoms with Crippen molar-refractivity contribution in [2.45, 2.75) is 65.6 Å². The summed E-state index contributed by atoms with van der Waals surface area (Å²) in [6.07, 6.45) is 1.55. The van der Waals surface area contributed by atoms with Crippen molar-refractivity contribution >= 4 is 11.0 Å². The molecule has 7 aromatic carbocycles. The molecule has 0 bridgehead atoms. The van der Waals surface area contributed by atoms with Crippen LogP contribution in [0.15, 0.2) is 164 Å². The molecular weight excluding hydrogens is 950 g/mol. The molecule has 0 aliphatic rings. The molecule has 0 unspecified atom stereocenters. The molecule has 2 aromatic heterocycles. The number of nitrogens with zero attached hydrogens (tertiary/aromatic N) is 3. The number of para-hydroxylation sites is 1. The Kier molecular flexibility index (Phi) is 6.19. The Labute approximate surface area is 420 Å². The van der Waals surface area contributed by atoms with Gasteiger partial charge in [0.25, 0.3) is 0 Å². The van der Waals surface area contributed by atoms with Crippen LogP contribution in [0.3, 0.4) is 0 Å². The summed E-state index contributed by atoms with van der Waals surface area (Å²) < 4.78 is 209. The molecule has 0 amide bonds. The predicted molar refractivity (Wildman–Crippen MR) is 259 cm³/mol. The van der Waals surface area contributed by atoms with Crippen molar-refractivity contribution < 1.29 is 59.1 Å². The van der Waals surface area contributed by atoms with Crippen LogP contribution in [0.25, 0.3) is 83.9 Å². The number of hydrogen-bond donors (Lipinski definition) is 1. The molecule has 4 nitrogen and oxygen atoms in total. The van der Waals surface area contributed by atoms with E-state index in [1.54, 1.807) is 97.2 Å². The summed E-state index contributed by atoms with van der Waals surface area (Å²) in [5, 5.41) is 13.0. The topological polar surface area (TPSA) is 50.9 Å². The third-order valence-electron chi connectivity index (χ3n) is 10.7. The molecule has 316 valence electrons. The van der Waals surface area contributed by atoms with Gasteiger partial charge in [-0.25, -0.2) is 4.98 Å². The monoisotopic (exact) mass is 1030 g/mol. The molecule has 0 spiro atoms. The van der Waals surface area contributed by atoms with Gasteiger partial charge in [0.15, 0.2) is 0 Å². The van der Waals surface area contributed by atoms with E-state index < -0.39 is 99.5 Å². The van der Waals surface area contributed by atoms with Gasteiger partial charge in [-0.15, -0.1) is 23.8 Å². The smallest absolute Gasteiger partial charge is 0.148 e. The van der Waals surface area contributed by atoms with Crippen LogP contribution in [-0.2, 0) is 31.9 Å². The van der Waals surface area contributed by atoms with Gasteiger partial charge >= 0.3 is 0 Å². The quantitative estimate of drug-likeness (QED) is 0.162. The minimum Gasteiger partial charge on any atom is -0.507 e. The van der Waals surface area contributed by atoms with Gasteiger partial charge in [-0.1, -0.05) is 179 Å². The second kappa shape index (κ2) is 17.1. The Balaban J connectivity index is 0.00000982. The molecule has 0 saturated carbocycles. The van der Waals surface area contributed by atoms with E-state index in [1.807, 2.05) is 24.3 Å². The number of phenols is 1.